The van der Waals surface area contributed by atoms with Gasteiger partial charge in [0.15, 0.2) is 0 Å². The average Bonchev–Trinajstić information content (AvgIpc) is 3.09. The van der Waals surface area contributed by atoms with Gasteiger partial charge in [-0.3, -0.25) is 4.90 Å². The van der Waals surface area contributed by atoms with E-state index in [1.54, 1.807) is 0 Å². The molecule has 0 radical (unpaired) electrons. The van der Waals surface area contributed by atoms with Gasteiger partial charge < -0.3 is 5.32 Å². The zero-order valence-corrected chi connectivity index (χ0v) is 14.3. The number of hydrogen-bond acceptors (Lipinski definition) is 2. The summed E-state index contributed by atoms with van der Waals surface area (Å²) in [5, 5.41) is 3.92. The van der Waals surface area contributed by atoms with Gasteiger partial charge in [-0.25, -0.2) is 0 Å². The lowest BCUT2D eigenvalue weighted by molar-refractivity contribution is 0.0398. The second-order valence-corrected chi connectivity index (χ2v) is 7.96. The Balaban J connectivity index is 1.63. The van der Waals surface area contributed by atoms with Crippen LogP contribution in [0.4, 0.5) is 0 Å². The van der Waals surface area contributed by atoms with Gasteiger partial charge in [0.05, 0.1) is 0 Å². The van der Waals surface area contributed by atoms with Crippen molar-refractivity contribution in [3.05, 3.63) is 0 Å². The van der Waals surface area contributed by atoms with Gasteiger partial charge in [0.2, 0.25) is 0 Å². The maximum absolute atomic E-state index is 3.92. The minimum absolute atomic E-state index is 0.775. The first kappa shape index (κ1) is 15.8. The molecule has 2 saturated carbocycles. The molecule has 0 aromatic rings. The Morgan fingerprint density at radius 1 is 1.00 bits per heavy atom. The fourth-order valence-corrected chi connectivity index (χ4v) is 5.29. The molecule has 3 fully saturated rings. The van der Waals surface area contributed by atoms with Crippen LogP contribution in [0.25, 0.3) is 0 Å². The molecule has 0 bridgehead atoms. The highest BCUT2D eigenvalue weighted by molar-refractivity contribution is 4.94. The van der Waals surface area contributed by atoms with Crippen LogP contribution < -0.4 is 5.32 Å². The zero-order chi connectivity index (χ0) is 14.7. The van der Waals surface area contributed by atoms with Crippen molar-refractivity contribution in [2.24, 2.45) is 11.8 Å². The van der Waals surface area contributed by atoms with Crippen molar-refractivity contribution in [3.8, 4) is 0 Å². The van der Waals surface area contributed by atoms with Gasteiger partial charge in [-0.1, -0.05) is 39.0 Å². The highest BCUT2D eigenvalue weighted by Gasteiger charge is 2.36. The lowest BCUT2D eigenvalue weighted by Gasteiger charge is -2.47. The molecule has 1 saturated heterocycles. The van der Waals surface area contributed by atoms with E-state index in [1.807, 2.05) is 0 Å². The minimum Gasteiger partial charge on any atom is -0.311 e. The first-order chi connectivity index (χ1) is 10.3. The van der Waals surface area contributed by atoms with Crippen LogP contribution in [0.2, 0.25) is 0 Å². The largest absolute Gasteiger partial charge is 0.311 e. The maximum Gasteiger partial charge on any atom is 0.0224 e. The molecular weight excluding hydrogens is 256 g/mol. The molecule has 1 heterocycles. The van der Waals surface area contributed by atoms with Gasteiger partial charge in [0.25, 0.3) is 0 Å². The Bertz CT molecular complexity index is 305. The van der Waals surface area contributed by atoms with Crippen molar-refractivity contribution in [3.63, 3.8) is 0 Å². The number of piperazine rings is 1. The molecule has 0 aromatic carbocycles. The topological polar surface area (TPSA) is 15.3 Å². The molecular formula is C19H36N2. The molecule has 1 N–H and O–H groups in total. The van der Waals surface area contributed by atoms with Crippen LogP contribution in [0.15, 0.2) is 0 Å². The van der Waals surface area contributed by atoms with E-state index >= 15 is 0 Å². The molecule has 0 amide bonds. The molecule has 3 aliphatic rings. The Labute approximate surface area is 132 Å². The summed E-state index contributed by atoms with van der Waals surface area (Å²) in [6.07, 6.45) is 14.6. The van der Waals surface area contributed by atoms with Gasteiger partial charge >= 0.3 is 0 Å². The van der Waals surface area contributed by atoms with Crippen molar-refractivity contribution >= 4 is 0 Å². The summed E-state index contributed by atoms with van der Waals surface area (Å²) in [5.74, 6) is 1.93. The lowest BCUT2D eigenvalue weighted by Crippen LogP contribution is -2.61. The molecule has 3 rings (SSSR count). The van der Waals surface area contributed by atoms with Gasteiger partial charge in [0.1, 0.15) is 0 Å². The summed E-state index contributed by atoms with van der Waals surface area (Å²) in [6, 6.07) is 2.36. The highest BCUT2D eigenvalue weighted by Crippen LogP contribution is 2.34. The smallest absolute Gasteiger partial charge is 0.0224 e. The summed E-state index contributed by atoms with van der Waals surface area (Å²) in [5.41, 5.74) is 0. The monoisotopic (exact) mass is 292 g/mol. The van der Waals surface area contributed by atoms with E-state index in [0.29, 0.717) is 0 Å². The van der Waals surface area contributed by atoms with E-state index in [2.05, 4.69) is 24.1 Å². The van der Waals surface area contributed by atoms with E-state index < -0.39 is 0 Å². The van der Waals surface area contributed by atoms with Crippen molar-refractivity contribution in [1.82, 2.24) is 10.2 Å². The number of nitrogens with zero attached hydrogens (tertiary/aromatic N) is 1. The summed E-state index contributed by atoms with van der Waals surface area (Å²) >= 11 is 0. The third-order valence-corrected chi connectivity index (χ3v) is 6.79. The average molecular weight is 293 g/mol. The predicted octanol–water partition coefficient (Wildman–Crippen LogP) is 4.20. The van der Waals surface area contributed by atoms with Crippen molar-refractivity contribution in [2.75, 3.05) is 13.1 Å². The number of hydrogen-bond donors (Lipinski definition) is 1. The second kappa shape index (κ2) is 7.46. The van der Waals surface area contributed by atoms with E-state index in [1.165, 1.54) is 77.3 Å². The third kappa shape index (κ3) is 3.64. The molecule has 0 aromatic heterocycles. The van der Waals surface area contributed by atoms with Gasteiger partial charge in [-0.15, -0.1) is 0 Å². The normalized spacial score (nSPS) is 35.1. The fraction of sp³-hybridized carbons (Fsp3) is 1.00. The molecule has 3 unspecified atom stereocenters. The first-order valence-corrected chi connectivity index (χ1v) is 9.78. The van der Waals surface area contributed by atoms with Crippen molar-refractivity contribution in [2.45, 2.75) is 96.2 Å². The van der Waals surface area contributed by atoms with Crippen LogP contribution in [0.5, 0.6) is 0 Å². The van der Waals surface area contributed by atoms with Crippen LogP contribution in [0.1, 0.15) is 78.1 Å². The molecule has 2 nitrogen and oxygen atoms in total. The highest BCUT2D eigenvalue weighted by atomic mass is 15.3. The minimum atomic E-state index is 0.775. The molecule has 1 aliphatic heterocycles. The SMILES string of the molecule is CCC1CNC(C2CCCCC2)CN1C(C)C1CCCC1. The maximum atomic E-state index is 3.92. The standard InChI is InChI=1S/C19H36N2/c1-3-18-13-20-19(17-11-5-4-6-12-17)14-21(18)15(2)16-9-7-8-10-16/h15-20H,3-14H2,1-2H3. The second-order valence-electron chi connectivity index (χ2n) is 7.96. The Morgan fingerprint density at radius 2 is 1.67 bits per heavy atom. The van der Waals surface area contributed by atoms with Crippen LogP contribution in [-0.4, -0.2) is 36.1 Å². The van der Waals surface area contributed by atoms with Crippen molar-refractivity contribution in [1.29, 1.82) is 0 Å². The quantitative estimate of drug-likeness (QED) is 0.835. The molecule has 2 heteroatoms. The number of nitrogens with one attached hydrogen (secondary N) is 1. The van der Waals surface area contributed by atoms with Crippen LogP contribution in [-0.2, 0) is 0 Å². The van der Waals surface area contributed by atoms with Crippen LogP contribution in [0, 0.1) is 11.8 Å². The molecule has 122 valence electrons. The molecule has 3 atom stereocenters. The summed E-state index contributed by atoms with van der Waals surface area (Å²) in [4.78, 5) is 2.91. The van der Waals surface area contributed by atoms with E-state index in [4.69, 9.17) is 0 Å². The van der Waals surface area contributed by atoms with E-state index in [-0.39, 0.29) is 0 Å². The van der Waals surface area contributed by atoms with Crippen LogP contribution >= 0.6 is 0 Å². The fourth-order valence-electron chi connectivity index (χ4n) is 5.29. The van der Waals surface area contributed by atoms with Gasteiger partial charge in [-0.05, 0) is 50.9 Å². The third-order valence-electron chi connectivity index (χ3n) is 6.79. The van der Waals surface area contributed by atoms with E-state index in [9.17, 15) is 0 Å². The molecule has 0 spiro atoms. The molecule has 2 aliphatic carbocycles. The molecule has 21 heavy (non-hydrogen) atoms. The first-order valence-electron chi connectivity index (χ1n) is 9.78. The van der Waals surface area contributed by atoms with Gasteiger partial charge in [0, 0.05) is 31.2 Å². The Kier molecular flexibility index (Phi) is 5.61. The predicted molar refractivity (Wildman–Crippen MR) is 90.6 cm³/mol. The lowest BCUT2D eigenvalue weighted by atomic mass is 9.82. The van der Waals surface area contributed by atoms with Crippen molar-refractivity contribution < 1.29 is 0 Å². The Morgan fingerprint density at radius 3 is 2.33 bits per heavy atom. The number of rotatable bonds is 4. The summed E-state index contributed by atoms with van der Waals surface area (Å²) in [6.45, 7) is 7.46. The zero-order valence-electron chi connectivity index (χ0n) is 14.3. The van der Waals surface area contributed by atoms with Gasteiger partial charge in [-0.2, -0.15) is 0 Å². The summed E-state index contributed by atoms with van der Waals surface area (Å²) < 4.78 is 0. The summed E-state index contributed by atoms with van der Waals surface area (Å²) in [7, 11) is 0. The Hall–Kier alpha value is -0.0800. The van der Waals surface area contributed by atoms with E-state index in [0.717, 1.165) is 30.0 Å². The van der Waals surface area contributed by atoms with Crippen LogP contribution in [0.3, 0.4) is 0 Å².